The van der Waals surface area contributed by atoms with Crippen molar-refractivity contribution in [3.8, 4) is 23.0 Å². The molecule has 0 heterocycles. The van der Waals surface area contributed by atoms with E-state index in [0.29, 0.717) is 23.0 Å². The third kappa shape index (κ3) is 12.6. The second-order valence-corrected chi connectivity index (χ2v) is 16.0. The summed E-state index contributed by atoms with van der Waals surface area (Å²) in [4.78, 5) is 54.8. The quantitative estimate of drug-likeness (QED) is 0.0313. The monoisotopic (exact) mass is 858 g/mol. The van der Waals surface area contributed by atoms with Gasteiger partial charge in [-0.3, -0.25) is 9.59 Å². The number of amides is 2. The van der Waals surface area contributed by atoms with Crippen LogP contribution >= 0.6 is 0 Å². The first-order valence-electron chi connectivity index (χ1n) is 22.5. The number of rotatable bonds is 26. The lowest BCUT2D eigenvalue weighted by Gasteiger charge is -2.28. The number of phenols is 1. The molecule has 0 aliphatic rings. The second kappa shape index (κ2) is 23.7. The highest BCUT2D eigenvalue weighted by molar-refractivity contribution is 6.14. The summed E-state index contributed by atoms with van der Waals surface area (Å²) in [6.07, 6.45) is 16.9. The zero-order valence-corrected chi connectivity index (χ0v) is 36.9. The number of phenolic OH excluding ortho intramolecular Hbond substituents is 1. The van der Waals surface area contributed by atoms with Crippen LogP contribution in [0.2, 0.25) is 0 Å². The van der Waals surface area contributed by atoms with Crippen LogP contribution in [0.5, 0.6) is 23.0 Å². The highest BCUT2D eigenvalue weighted by Crippen LogP contribution is 2.40. The molecule has 1 unspecified atom stereocenters. The van der Waals surface area contributed by atoms with Crippen molar-refractivity contribution in [1.29, 1.82) is 0 Å². The summed E-state index contributed by atoms with van der Waals surface area (Å²) >= 11 is 0. The van der Waals surface area contributed by atoms with Gasteiger partial charge in [-0.05, 0) is 73.9 Å². The highest BCUT2D eigenvalue weighted by Gasteiger charge is 2.48. The average molecular weight is 859 g/mol. The van der Waals surface area contributed by atoms with Crippen LogP contribution in [0.25, 0.3) is 10.8 Å². The summed E-state index contributed by atoms with van der Waals surface area (Å²) in [5.41, 5.74) is -1.35. The average Bonchev–Trinajstić information content (AvgIpc) is 3.29. The Labute approximate surface area is 371 Å². The summed E-state index contributed by atoms with van der Waals surface area (Å²) < 4.78 is 12.2. The number of unbranched alkanes of at least 4 members (excludes halogenated alkanes) is 12. The van der Waals surface area contributed by atoms with Crippen molar-refractivity contribution in [3.63, 3.8) is 0 Å². The number of aromatic hydroxyl groups is 1. The number of carboxylic acids is 2. The molecule has 5 aromatic carbocycles. The molecule has 11 nitrogen and oxygen atoms in total. The number of benzene rings is 5. The lowest BCUT2D eigenvalue weighted by atomic mass is 9.98. The number of aryl methyl sites for hydroxylation is 1. The molecule has 0 saturated carbocycles. The van der Waals surface area contributed by atoms with Gasteiger partial charge in [-0.25, -0.2) is 9.59 Å². The Hall–Kier alpha value is -6.36. The Morgan fingerprint density at radius 1 is 0.635 bits per heavy atom. The second-order valence-electron chi connectivity index (χ2n) is 16.0. The molecule has 0 aliphatic heterocycles. The van der Waals surface area contributed by atoms with Gasteiger partial charge in [-0.1, -0.05) is 145 Å². The number of ether oxygens (including phenoxy) is 2. The lowest BCUT2D eigenvalue weighted by Crippen LogP contribution is -2.54. The van der Waals surface area contributed by atoms with Crippen molar-refractivity contribution < 1.29 is 44.0 Å². The summed E-state index contributed by atoms with van der Waals surface area (Å²) in [6.45, 7) is 5.90. The molecule has 1 atom stereocenters. The van der Waals surface area contributed by atoms with E-state index in [0.717, 1.165) is 24.8 Å². The predicted molar refractivity (Wildman–Crippen MR) is 249 cm³/mol. The van der Waals surface area contributed by atoms with Gasteiger partial charge in [-0.15, -0.1) is 0 Å². The van der Waals surface area contributed by atoms with Crippen LogP contribution in [-0.4, -0.2) is 51.2 Å². The van der Waals surface area contributed by atoms with Crippen LogP contribution in [0.15, 0.2) is 103 Å². The number of carbonyl (C=O) groups is 4. The minimum atomic E-state index is -2.38. The van der Waals surface area contributed by atoms with Crippen LogP contribution in [-0.2, 0) is 16.0 Å². The Kier molecular flexibility index (Phi) is 18.0. The van der Waals surface area contributed by atoms with Crippen molar-refractivity contribution in [2.45, 2.75) is 123 Å². The number of fused-ring (bicyclic) bond motifs is 1. The number of aliphatic carboxylic acids is 1. The molecule has 0 saturated heterocycles. The van der Waals surface area contributed by atoms with Crippen molar-refractivity contribution >= 4 is 45.9 Å². The Bertz CT molecular complexity index is 2310. The molecular weight excluding hydrogens is 797 g/mol. The highest BCUT2D eigenvalue weighted by atomic mass is 16.5. The molecule has 11 heteroatoms. The van der Waals surface area contributed by atoms with E-state index in [-0.39, 0.29) is 46.2 Å². The fourth-order valence-electron chi connectivity index (χ4n) is 7.88. The zero-order valence-electron chi connectivity index (χ0n) is 36.9. The van der Waals surface area contributed by atoms with Crippen molar-refractivity contribution in [2.24, 2.45) is 0 Å². The number of para-hydroxylation sites is 1. The van der Waals surface area contributed by atoms with Gasteiger partial charge in [0.2, 0.25) is 0 Å². The number of nitrogens with one attached hydrogen (secondary N) is 1. The maximum atomic E-state index is 13.9. The van der Waals surface area contributed by atoms with E-state index < -0.39 is 29.4 Å². The largest absolute Gasteiger partial charge is 0.506 e. The molecule has 0 fully saturated rings. The summed E-state index contributed by atoms with van der Waals surface area (Å²) in [7, 11) is 0. The molecular formula is C52H62N2O9. The van der Waals surface area contributed by atoms with Crippen LogP contribution in [0, 0.1) is 0 Å². The van der Waals surface area contributed by atoms with Gasteiger partial charge in [-0.2, -0.15) is 0 Å². The minimum absolute atomic E-state index is 0.0218. The molecule has 4 N–H and O–H groups in total. The van der Waals surface area contributed by atoms with Crippen LogP contribution < -0.4 is 19.7 Å². The molecule has 0 radical (unpaired) electrons. The minimum Gasteiger partial charge on any atom is -0.506 e. The van der Waals surface area contributed by atoms with E-state index in [1.54, 1.807) is 54.6 Å². The SMILES string of the molecule is CCCCCCCCCCCCCCCc1cccc(OC(CC)(C(=O)O)C(=O)Nc2ccc(Oc3cc(C(=O)N(CC)c4ccccc4)c(O)c4ccccc34)cc2C(=O)O)c1. The molecule has 0 spiro atoms. The van der Waals surface area contributed by atoms with Gasteiger partial charge in [0.05, 0.1) is 16.8 Å². The Balaban J connectivity index is 1.26. The Morgan fingerprint density at radius 3 is 1.86 bits per heavy atom. The maximum absolute atomic E-state index is 13.9. The van der Waals surface area contributed by atoms with Gasteiger partial charge in [0.25, 0.3) is 17.4 Å². The van der Waals surface area contributed by atoms with E-state index in [4.69, 9.17) is 9.47 Å². The van der Waals surface area contributed by atoms with Crippen LogP contribution in [0.3, 0.4) is 0 Å². The van der Waals surface area contributed by atoms with E-state index in [2.05, 4.69) is 12.2 Å². The summed E-state index contributed by atoms with van der Waals surface area (Å²) in [5.74, 6) is -4.26. The lowest BCUT2D eigenvalue weighted by molar-refractivity contribution is -0.161. The molecule has 0 bridgehead atoms. The molecule has 0 aromatic heterocycles. The smallest absolute Gasteiger partial charge is 0.358 e. The molecule has 5 rings (SSSR count). The number of hydrogen-bond acceptors (Lipinski definition) is 7. The van der Waals surface area contributed by atoms with E-state index in [9.17, 15) is 34.5 Å². The van der Waals surface area contributed by atoms with Crippen LogP contribution in [0.1, 0.15) is 137 Å². The van der Waals surface area contributed by atoms with E-state index in [1.807, 2.05) is 31.2 Å². The number of carboxylic acid groups (broad SMARTS) is 2. The van der Waals surface area contributed by atoms with Gasteiger partial charge in [0.1, 0.15) is 23.0 Å². The predicted octanol–water partition coefficient (Wildman–Crippen LogP) is 12.6. The van der Waals surface area contributed by atoms with Gasteiger partial charge in [0.15, 0.2) is 0 Å². The Morgan fingerprint density at radius 2 is 1.25 bits per heavy atom. The van der Waals surface area contributed by atoms with Crippen LogP contribution in [0.4, 0.5) is 11.4 Å². The van der Waals surface area contributed by atoms with Crippen molar-refractivity contribution in [2.75, 3.05) is 16.8 Å². The number of nitrogens with zero attached hydrogens (tertiary/aromatic N) is 1. The maximum Gasteiger partial charge on any atom is 0.358 e. The van der Waals surface area contributed by atoms with Gasteiger partial charge < -0.3 is 35.0 Å². The van der Waals surface area contributed by atoms with Gasteiger partial charge >= 0.3 is 11.9 Å². The molecule has 0 aliphatic carbocycles. The standard InChI is InChI=1S/C52H62N2O9/c1-4-7-8-9-10-11-12-13-14-15-16-17-19-25-37-26-24-29-40(34-37)63-52(5-2,51(60)61)50(59)53-45-33-32-39(35-43(45)49(57)58)62-46-36-44(47(55)42-31-23-22-30-41(42)46)48(56)54(6-3)38-27-20-18-21-28-38/h18,20-24,26-36,55H,4-17,19,25H2,1-3H3,(H,53,59)(H,57,58)(H,60,61). The normalized spacial score (nSPS) is 12.0. The fourth-order valence-corrected chi connectivity index (χ4v) is 7.88. The number of aromatic carboxylic acids is 1. The van der Waals surface area contributed by atoms with Gasteiger partial charge in [0, 0.05) is 29.4 Å². The number of hydrogen-bond donors (Lipinski definition) is 4. The molecule has 5 aromatic rings. The first kappa shape index (κ1) is 47.7. The number of anilines is 2. The third-order valence-electron chi connectivity index (χ3n) is 11.5. The molecule has 63 heavy (non-hydrogen) atoms. The summed E-state index contributed by atoms with van der Waals surface area (Å²) in [5, 5.41) is 35.3. The molecule has 2 amide bonds. The van der Waals surface area contributed by atoms with E-state index in [1.165, 1.54) is 107 Å². The molecule has 334 valence electrons. The number of carbonyl (C=O) groups excluding carboxylic acids is 2. The van der Waals surface area contributed by atoms with Crippen molar-refractivity contribution in [1.82, 2.24) is 0 Å². The van der Waals surface area contributed by atoms with Crippen molar-refractivity contribution in [3.05, 3.63) is 120 Å². The summed E-state index contributed by atoms with van der Waals surface area (Å²) in [6, 6.07) is 28.2. The zero-order chi connectivity index (χ0) is 45.2. The fraction of sp³-hybridized carbons (Fsp3) is 0.385. The first-order valence-corrected chi connectivity index (χ1v) is 22.5. The third-order valence-corrected chi connectivity index (χ3v) is 11.5. The first-order chi connectivity index (χ1) is 30.5. The topological polar surface area (TPSA) is 163 Å². The van der Waals surface area contributed by atoms with E-state index >= 15 is 0 Å².